The van der Waals surface area contributed by atoms with E-state index in [1.165, 1.54) is 7.11 Å². The Kier molecular flexibility index (Phi) is 8.89. The largest absolute Gasteiger partial charge is 0.469 e. The number of ether oxygens (including phenoxy) is 2. The van der Waals surface area contributed by atoms with Crippen LogP contribution in [0.25, 0.3) is 10.9 Å². The van der Waals surface area contributed by atoms with Crippen LogP contribution in [-0.2, 0) is 32.5 Å². The number of para-hydroxylation sites is 1. The second-order valence-corrected chi connectivity index (χ2v) is 11.2. The van der Waals surface area contributed by atoms with Crippen molar-refractivity contribution >= 4 is 46.0 Å². The molecule has 9 nitrogen and oxygen atoms in total. The van der Waals surface area contributed by atoms with E-state index in [4.69, 9.17) is 21.1 Å². The third-order valence-electron chi connectivity index (χ3n) is 8.03. The van der Waals surface area contributed by atoms with Crippen molar-refractivity contribution in [3.63, 3.8) is 0 Å². The Morgan fingerprint density at radius 1 is 1.12 bits per heavy atom. The van der Waals surface area contributed by atoms with Crippen LogP contribution in [0.2, 0.25) is 5.02 Å². The number of fused-ring (bicyclic) bond motifs is 1. The highest BCUT2D eigenvalue weighted by Gasteiger charge is 2.36. The second-order valence-electron chi connectivity index (χ2n) is 10.8. The topological polar surface area (TPSA) is 103 Å². The van der Waals surface area contributed by atoms with Crippen molar-refractivity contribution in [1.29, 1.82) is 0 Å². The number of hydrogen-bond donors (Lipinski definition) is 1. The molecule has 2 amide bonds. The number of likely N-dealkylation sites (tertiary alicyclic amines) is 1. The Balaban J connectivity index is 1.17. The van der Waals surface area contributed by atoms with Gasteiger partial charge in [-0.15, -0.1) is 0 Å². The van der Waals surface area contributed by atoms with Gasteiger partial charge in [-0.1, -0.05) is 35.9 Å². The Hall–Kier alpha value is -3.50. The second kappa shape index (κ2) is 12.6. The normalized spacial score (nSPS) is 22.6. The molecule has 0 radical (unpaired) electrons. The zero-order valence-electron chi connectivity index (χ0n) is 23.1. The van der Waals surface area contributed by atoms with Crippen molar-refractivity contribution in [1.82, 2.24) is 14.7 Å². The number of carbonyl (C=O) groups excluding carboxylic acids is 3. The molecule has 2 aromatic carbocycles. The number of halogens is 2. The summed E-state index contributed by atoms with van der Waals surface area (Å²) in [4.78, 5) is 39.5. The van der Waals surface area contributed by atoms with E-state index in [-0.39, 0.29) is 72.6 Å². The van der Waals surface area contributed by atoms with E-state index in [2.05, 4.69) is 10.4 Å². The van der Waals surface area contributed by atoms with E-state index in [1.807, 2.05) is 24.3 Å². The van der Waals surface area contributed by atoms with E-state index in [1.54, 1.807) is 34.8 Å². The van der Waals surface area contributed by atoms with Crippen molar-refractivity contribution < 1.29 is 28.2 Å². The lowest BCUT2D eigenvalue weighted by molar-refractivity contribution is -0.148. The van der Waals surface area contributed by atoms with Crippen LogP contribution in [0.3, 0.4) is 0 Å². The molecule has 0 spiro atoms. The highest BCUT2D eigenvalue weighted by molar-refractivity contribution is 6.34. The molecule has 2 aliphatic rings. The predicted molar refractivity (Wildman–Crippen MR) is 153 cm³/mol. The van der Waals surface area contributed by atoms with Crippen molar-refractivity contribution in [3.05, 3.63) is 58.7 Å². The first-order valence-electron chi connectivity index (χ1n) is 13.9. The quantitative estimate of drug-likeness (QED) is 0.385. The van der Waals surface area contributed by atoms with Crippen LogP contribution in [0.15, 0.2) is 42.5 Å². The van der Waals surface area contributed by atoms with Gasteiger partial charge in [-0.25, -0.2) is 4.39 Å². The van der Waals surface area contributed by atoms with Crippen LogP contribution < -0.4 is 5.32 Å². The monoisotopic (exact) mass is 584 g/mol. The number of hydrogen-bond acceptors (Lipinski definition) is 6. The molecule has 2 fully saturated rings. The fraction of sp³-hybridized carbons (Fsp3) is 0.467. The summed E-state index contributed by atoms with van der Waals surface area (Å²) in [7, 11) is 3.17. The third kappa shape index (κ3) is 6.54. The molecule has 1 aromatic heterocycles. The minimum Gasteiger partial charge on any atom is -0.469 e. The van der Waals surface area contributed by atoms with Gasteiger partial charge in [0.15, 0.2) is 5.69 Å². The van der Waals surface area contributed by atoms with Gasteiger partial charge in [-0.2, -0.15) is 5.10 Å². The summed E-state index contributed by atoms with van der Waals surface area (Å²) < 4.78 is 26.9. The van der Waals surface area contributed by atoms with Gasteiger partial charge >= 0.3 is 5.97 Å². The number of anilines is 1. The number of benzene rings is 2. The smallest absolute Gasteiger partial charge is 0.308 e. The van der Waals surface area contributed by atoms with E-state index in [0.717, 1.165) is 23.7 Å². The SMILES string of the molecule is COC(=O)[C@H]1CC[C@H](OC[C@@H]2C[C@H](F)CN2C(=O)Cc2ccc(NC(=O)c3nn(C)c4ccccc34)c(Cl)c2)CC1. The number of nitrogens with one attached hydrogen (secondary N) is 1. The van der Waals surface area contributed by atoms with Crippen molar-refractivity contribution in [2.45, 2.75) is 56.8 Å². The molecule has 1 aliphatic heterocycles. The molecule has 1 saturated heterocycles. The average molecular weight is 585 g/mol. The Bertz CT molecular complexity index is 1440. The molecule has 1 N–H and O–H groups in total. The van der Waals surface area contributed by atoms with Crippen LogP contribution in [0.4, 0.5) is 10.1 Å². The Labute approximate surface area is 242 Å². The summed E-state index contributed by atoms with van der Waals surface area (Å²) in [6, 6.07) is 12.1. The summed E-state index contributed by atoms with van der Waals surface area (Å²) in [5.74, 6) is -0.879. The lowest BCUT2D eigenvalue weighted by Crippen LogP contribution is -2.40. The Morgan fingerprint density at radius 3 is 2.61 bits per heavy atom. The number of aryl methyl sites for hydroxylation is 1. The summed E-state index contributed by atoms with van der Waals surface area (Å²) >= 11 is 6.48. The van der Waals surface area contributed by atoms with Crippen molar-refractivity contribution in [2.24, 2.45) is 13.0 Å². The van der Waals surface area contributed by atoms with Crippen LogP contribution in [0, 0.1) is 5.92 Å². The molecule has 218 valence electrons. The van der Waals surface area contributed by atoms with E-state index < -0.39 is 6.17 Å². The molecule has 3 aromatic rings. The predicted octanol–water partition coefficient (Wildman–Crippen LogP) is 4.71. The standard InChI is InChI=1S/C30H34ClFN4O5/c1-35-26-6-4-3-5-23(26)28(34-35)29(38)33-25-12-7-18(13-24(25)31)14-27(37)36-16-20(32)15-21(36)17-41-22-10-8-19(9-11-22)30(39)40-2/h3-7,12-13,19-22H,8-11,14-17H2,1-2H3,(H,33,38)/t19-,20-,21-,22-/m0/s1. The van der Waals surface area contributed by atoms with E-state index >= 15 is 0 Å². The summed E-state index contributed by atoms with van der Waals surface area (Å²) in [5, 5.41) is 8.17. The fourth-order valence-electron chi connectivity index (χ4n) is 5.81. The number of nitrogens with zero attached hydrogens (tertiary/aromatic N) is 3. The first kappa shape index (κ1) is 29.0. The van der Waals surface area contributed by atoms with Gasteiger partial charge in [0, 0.05) is 18.9 Å². The van der Waals surface area contributed by atoms with Gasteiger partial charge in [0.05, 0.1) is 61.0 Å². The molecule has 41 heavy (non-hydrogen) atoms. The van der Waals surface area contributed by atoms with Crippen LogP contribution in [-0.4, -0.2) is 71.0 Å². The van der Waals surface area contributed by atoms with Crippen LogP contribution in [0.5, 0.6) is 0 Å². The number of esters is 1. The Morgan fingerprint density at radius 2 is 1.88 bits per heavy atom. The van der Waals surface area contributed by atoms with Gasteiger partial charge in [0.25, 0.3) is 5.91 Å². The highest BCUT2D eigenvalue weighted by atomic mass is 35.5. The first-order chi connectivity index (χ1) is 19.7. The molecular formula is C30H34ClFN4O5. The van der Waals surface area contributed by atoms with Crippen molar-refractivity contribution in [3.8, 4) is 0 Å². The van der Waals surface area contributed by atoms with Crippen LogP contribution in [0.1, 0.15) is 48.2 Å². The minimum absolute atomic E-state index is 0.0165. The fourth-order valence-corrected chi connectivity index (χ4v) is 6.06. The van der Waals surface area contributed by atoms with Gasteiger partial charge in [0.2, 0.25) is 5.91 Å². The molecule has 1 aliphatic carbocycles. The van der Waals surface area contributed by atoms with Gasteiger partial charge < -0.3 is 19.7 Å². The lowest BCUT2D eigenvalue weighted by atomic mass is 9.87. The maximum atomic E-state index is 14.4. The van der Waals surface area contributed by atoms with E-state index in [0.29, 0.717) is 24.1 Å². The number of rotatable bonds is 8. The maximum absolute atomic E-state index is 14.4. The van der Waals surface area contributed by atoms with E-state index in [9.17, 15) is 18.8 Å². The summed E-state index contributed by atoms with van der Waals surface area (Å²) in [6.07, 6.45) is 2.03. The number of methoxy groups -OCH3 is 1. The zero-order chi connectivity index (χ0) is 29.1. The lowest BCUT2D eigenvalue weighted by Gasteiger charge is -2.30. The first-order valence-corrected chi connectivity index (χ1v) is 14.3. The van der Waals surface area contributed by atoms with Gasteiger partial charge in [0.1, 0.15) is 6.17 Å². The minimum atomic E-state index is -1.11. The van der Waals surface area contributed by atoms with Crippen molar-refractivity contribution in [2.75, 3.05) is 25.6 Å². The van der Waals surface area contributed by atoms with Gasteiger partial charge in [-0.05, 0) is 49.4 Å². The molecule has 5 rings (SSSR count). The third-order valence-corrected chi connectivity index (χ3v) is 8.34. The molecule has 0 unspecified atom stereocenters. The summed E-state index contributed by atoms with van der Waals surface area (Å²) in [5.41, 5.74) is 2.19. The maximum Gasteiger partial charge on any atom is 0.308 e. The molecular weight excluding hydrogens is 551 g/mol. The zero-order valence-corrected chi connectivity index (χ0v) is 23.9. The average Bonchev–Trinajstić information content (AvgIpc) is 3.52. The molecule has 2 heterocycles. The number of alkyl halides is 1. The number of aromatic nitrogens is 2. The molecule has 1 saturated carbocycles. The molecule has 11 heteroatoms. The van der Waals surface area contributed by atoms with Gasteiger partial charge in [-0.3, -0.25) is 19.1 Å². The number of carbonyl (C=O) groups is 3. The molecule has 2 atom stereocenters. The molecule has 0 bridgehead atoms. The highest BCUT2D eigenvalue weighted by Crippen LogP contribution is 2.30. The number of amides is 2. The summed E-state index contributed by atoms with van der Waals surface area (Å²) in [6.45, 7) is 0.287. The van der Waals surface area contributed by atoms with Crippen LogP contribution >= 0.6 is 11.6 Å².